The number of hydrogen-bond donors (Lipinski definition) is 3. The topological polar surface area (TPSA) is 129 Å². The van der Waals surface area contributed by atoms with Crippen LogP contribution in [0.1, 0.15) is 30.1 Å². The van der Waals surface area contributed by atoms with E-state index in [-0.39, 0.29) is 24.7 Å². The number of carboxylic acids is 1. The molecule has 2 heterocycles. The molecule has 9 nitrogen and oxygen atoms in total. The second kappa shape index (κ2) is 7.65. The van der Waals surface area contributed by atoms with Crippen molar-refractivity contribution in [2.24, 2.45) is 0 Å². The zero-order valence-corrected chi connectivity index (χ0v) is 14.2. The lowest BCUT2D eigenvalue weighted by atomic mass is 10.2. The Balaban J connectivity index is 2.18. The van der Waals surface area contributed by atoms with Crippen LogP contribution >= 0.6 is 0 Å². The van der Waals surface area contributed by atoms with Crippen LogP contribution in [0, 0.1) is 6.92 Å². The van der Waals surface area contributed by atoms with Gasteiger partial charge in [-0.1, -0.05) is 0 Å². The maximum absolute atomic E-state index is 12.7. The third-order valence-electron chi connectivity index (χ3n) is 3.62. The number of amides is 2. The van der Waals surface area contributed by atoms with Crippen molar-refractivity contribution in [3.05, 3.63) is 29.7 Å². The number of H-pyrrole nitrogens is 1. The highest BCUT2D eigenvalue weighted by atomic mass is 16.4. The van der Waals surface area contributed by atoms with Gasteiger partial charge >= 0.3 is 5.97 Å². The van der Waals surface area contributed by atoms with Crippen LogP contribution in [0.3, 0.4) is 0 Å². The van der Waals surface area contributed by atoms with Crippen LogP contribution < -0.4 is 5.32 Å². The van der Waals surface area contributed by atoms with Crippen LogP contribution in [0.25, 0.3) is 11.5 Å². The first-order valence-corrected chi connectivity index (χ1v) is 7.70. The van der Waals surface area contributed by atoms with E-state index in [0.717, 1.165) is 4.90 Å². The maximum atomic E-state index is 12.7. The Hall–Kier alpha value is -3.10. The fourth-order valence-electron chi connectivity index (χ4n) is 2.24. The predicted octanol–water partition coefficient (Wildman–Crippen LogP) is 1.03. The van der Waals surface area contributed by atoms with Crippen LogP contribution in [-0.4, -0.2) is 57.1 Å². The Kier molecular flexibility index (Phi) is 5.58. The van der Waals surface area contributed by atoms with E-state index in [1.807, 2.05) is 0 Å². The number of aryl methyl sites for hydroxylation is 1. The number of hydrogen-bond acceptors (Lipinski definition) is 5. The van der Waals surface area contributed by atoms with Gasteiger partial charge in [0.2, 0.25) is 5.91 Å². The molecule has 1 atom stereocenters. The second-order valence-electron chi connectivity index (χ2n) is 5.57. The number of carboxylic acid groups (broad SMARTS) is 1. The molecule has 0 fully saturated rings. The molecule has 2 aromatic rings. The minimum atomic E-state index is -1.14. The average Bonchev–Trinajstić information content (AvgIpc) is 3.18. The number of rotatable bonds is 7. The summed E-state index contributed by atoms with van der Waals surface area (Å²) in [5.41, 5.74) is 0.584. The summed E-state index contributed by atoms with van der Waals surface area (Å²) in [6.07, 6.45) is 0. The quantitative estimate of drug-likeness (QED) is 0.685. The summed E-state index contributed by atoms with van der Waals surface area (Å²) in [7, 11) is 0. The summed E-state index contributed by atoms with van der Waals surface area (Å²) in [6.45, 7) is 4.74. The Morgan fingerprint density at radius 3 is 2.68 bits per heavy atom. The molecular weight excluding hydrogens is 328 g/mol. The monoisotopic (exact) mass is 348 g/mol. The highest BCUT2D eigenvalue weighted by Gasteiger charge is 2.28. The van der Waals surface area contributed by atoms with Crippen molar-refractivity contribution >= 4 is 17.8 Å². The van der Waals surface area contributed by atoms with E-state index in [4.69, 9.17) is 4.42 Å². The van der Waals surface area contributed by atoms with Crippen molar-refractivity contribution in [2.45, 2.75) is 26.8 Å². The Labute approximate surface area is 144 Å². The van der Waals surface area contributed by atoms with Gasteiger partial charge in [0, 0.05) is 26.1 Å². The fraction of sp³-hybridized carbons (Fsp3) is 0.375. The number of carbonyl (C=O) groups is 3. The zero-order valence-electron chi connectivity index (χ0n) is 14.2. The van der Waals surface area contributed by atoms with E-state index in [2.05, 4.69) is 15.5 Å². The van der Waals surface area contributed by atoms with Gasteiger partial charge in [0.15, 0.2) is 11.5 Å². The van der Waals surface area contributed by atoms with E-state index in [1.54, 1.807) is 19.1 Å². The molecule has 0 saturated carbocycles. The Morgan fingerprint density at radius 2 is 2.12 bits per heavy atom. The minimum Gasteiger partial charge on any atom is -0.480 e. The van der Waals surface area contributed by atoms with E-state index in [0.29, 0.717) is 17.2 Å². The first-order chi connectivity index (χ1) is 11.8. The largest absolute Gasteiger partial charge is 0.480 e. The maximum Gasteiger partial charge on any atom is 0.326 e. The molecule has 0 spiro atoms. The van der Waals surface area contributed by atoms with E-state index in [9.17, 15) is 19.5 Å². The minimum absolute atomic E-state index is 0.0495. The predicted molar refractivity (Wildman–Crippen MR) is 87.8 cm³/mol. The van der Waals surface area contributed by atoms with Crippen LogP contribution in [0.2, 0.25) is 0 Å². The Morgan fingerprint density at radius 1 is 1.40 bits per heavy atom. The van der Waals surface area contributed by atoms with Crippen LogP contribution in [0.15, 0.2) is 22.6 Å². The standard InChI is InChI=1S/C16H20N4O5/c1-9-4-5-14(25-9)12-8-13(19-18-12)15(22)20(10(2)16(23)24)7-6-17-11(3)21/h4-5,8,10H,6-7H2,1-3H3,(H,17,21)(H,18,19)(H,23,24). The lowest BCUT2D eigenvalue weighted by Crippen LogP contribution is -2.46. The third kappa shape index (κ3) is 4.46. The van der Waals surface area contributed by atoms with Gasteiger partial charge in [0.05, 0.1) is 0 Å². The molecule has 25 heavy (non-hydrogen) atoms. The van der Waals surface area contributed by atoms with Gasteiger partial charge in [-0.2, -0.15) is 5.10 Å². The SMILES string of the molecule is CC(=O)NCCN(C(=O)c1cc(-c2ccc(C)o2)[nH]n1)C(C)C(=O)O. The summed E-state index contributed by atoms with van der Waals surface area (Å²) in [6, 6.07) is 3.96. The molecule has 0 aromatic carbocycles. The van der Waals surface area contributed by atoms with E-state index >= 15 is 0 Å². The van der Waals surface area contributed by atoms with E-state index < -0.39 is 17.9 Å². The molecule has 0 aliphatic rings. The molecule has 0 radical (unpaired) electrons. The first kappa shape index (κ1) is 18.2. The molecule has 2 amide bonds. The van der Waals surface area contributed by atoms with Crippen molar-refractivity contribution in [1.29, 1.82) is 0 Å². The second-order valence-corrected chi connectivity index (χ2v) is 5.57. The van der Waals surface area contributed by atoms with Crippen molar-refractivity contribution in [3.8, 4) is 11.5 Å². The number of aliphatic carboxylic acids is 1. The first-order valence-electron chi connectivity index (χ1n) is 7.70. The Bertz CT molecular complexity index is 779. The zero-order chi connectivity index (χ0) is 18.6. The smallest absolute Gasteiger partial charge is 0.326 e. The lowest BCUT2D eigenvalue weighted by molar-refractivity contribution is -0.141. The highest BCUT2D eigenvalue weighted by Crippen LogP contribution is 2.21. The molecular formula is C16H20N4O5. The van der Waals surface area contributed by atoms with Crippen molar-refractivity contribution in [2.75, 3.05) is 13.1 Å². The third-order valence-corrected chi connectivity index (χ3v) is 3.62. The summed E-state index contributed by atoms with van der Waals surface area (Å²) in [5.74, 6) is -0.709. The fourth-order valence-corrected chi connectivity index (χ4v) is 2.24. The van der Waals surface area contributed by atoms with Crippen LogP contribution in [-0.2, 0) is 9.59 Å². The highest BCUT2D eigenvalue weighted by molar-refractivity contribution is 5.95. The molecule has 2 rings (SSSR count). The van der Waals surface area contributed by atoms with Gasteiger partial charge in [0.25, 0.3) is 5.91 Å². The molecule has 2 aromatic heterocycles. The summed E-state index contributed by atoms with van der Waals surface area (Å²) >= 11 is 0. The molecule has 3 N–H and O–H groups in total. The van der Waals surface area contributed by atoms with Gasteiger partial charge in [-0.15, -0.1) is 0 Å². The molecule has 0 saturated heterocycles. The van der Waals surface area contributed by atoms with Crippen molar-refractivity contribution in [1.82, 2.24) is 20.4 Å². The molecule has 134 valence electrons. The van der Waals surface area contributed by atoms with Crippen molar-refractivity contribution in [3.63, 3.8) is 0 Å². The van der Waals surface area contributed by atoms with Crippen molar-refractivity contribution < 1.29 is 23.9 Å². The number of aromatic nitrogens is 2. The van der Waals surface area contributed by atoms with Crippen LogP contribution in [0.5, 0.6) is 0 Å². The normalized spacial score (nSPS) is 11.8. The summed E-state index contributed by atoms with van der Waals surface area (Å²) < 4.78 is 5.46. The molecule has 9 heteroatoms. The van der Waals surface area contributed by atoms with Gasteiger partial charge in [-0.25, -0.2) is 4.79 Å². The van der Waals surface area contributed by atoms with Gasteiger partial charge in [0.1, 0.15) is 17.5 Å². The number of furan rings is 1. The molecule has 0 bridgehead atoms. The lowest BCUT2D eigenvalue weighted by Gasteiger charge is -2.25. The number of carbonyl (C=O) groups excluding carboxylic acids is 2. The van der Waals surface area contributed by atoms with Gasteiger partial charge < -0.3 is 19.7 Å². The summed E-state index contributed by atoms with van der Waals surface area (Å²) in [4.78, 5) is 36.0. The number of nitrogens with zero attached hydrogens (tertiary/aromatic N) is 2. The number of aromatic amines is 1. The number of nitrogens with one attached hydrogen (secondary N) is 2. The van der Waals surface area contributed by atoms with Gasteiger partial charge in [-0.3, -0.25) is 14.7 Å². The van der Waals surface area contributed by atoms with E-state index in [1.165, 1.54) is 19.9 Å². The average molecular weight is 348 g/mol. The molecule has 1 unspecified atom stereocenters. The molecule has 0 aliphatic carbocycles. The molecule has 0 aliphatic heterocycles. The van der Waals surface area contributed by atoms with Gasteiger partial charge in [-0.05, 0) is 26.0 Å². The summed E-state index contributed by atoms with van der Waals surface area (Å²) in [5, 5.41) is 18.4. The van der Waals surface area contributed by atoms with Crippen LogP contribution in [0.4, 0.5) is 0 Å².